The Hall–Kier alpha value is -4.96. The molecule has 0 spiro atoms. The molecule has 0 aliphatic carbocycles. The second kappa shape index (κ2) is 77.6. The van der Waals surface area contributed by atoms with Gasteiger partial charge in [0.15, 0.2) is 0 Å². The molecule has 14 amide bonds. The van der Waals surface area contributed by atoms with Gasteiger partial charge in [0.25, 0.3) is 0 Å². The second-order valence-electron chi connectivity index (χ2n) is 4.65. The number of nitrogens with one attached hydrogen (secondary N) is 7. The van der Waals surface area contributed by atoms with Crippen LogP contribution in [0.15, 0.2) is 0 Å². The van der Waals surface area contributed by atoms with Crippen molar-refractivity contribution in [3.8, 4) is 0 Å². The number of hydrogen-bond acceptors (Lipinski definition) is 15. The van der Waals surface area contributed by atoms with Gasteiger partial charge in [-0.3, -0.25) is 4.84 Å². The number of amides is 14. The van der Waals surface area contributed by atoms with Crippen LogP contribution in [0.5, 0.6) is 0 Å². The molecule has 26 N–H and O–H groups in total. The smallest absolute Gasteiger partial charge is 0.340 e. The van der Waals surface area contributed by atoms with E-state index in [9.17, 15) is 24.0 Å². The van der Waals surface area contributed by atoms with Gasteiger partial charge in [0, 0.05) is 38.2 Å². The van der Waals surface area contributed by atoms with E-state index in [0.717, 1.165) is 0 Å². The number of hydroxylamine groups is 1. The van der Waals surface area contributed by atoms with Crippen molar-refractivity contribution in [1.29, 1.82) is 0 Å². The Bertz CT molecular complexity index is 655. The van der Waals surface area contributed by atoms with Gasteiger partial charge in [0.05, 0.1) is 13.8 Å². The molecule has 0 aliphatic heterocycles. The van der Waals surface area contributed by atoms with Gasteiger partial charge in [-0.25, -0.2) is 39.0 Å². The summed E-state index contributed by atoms with van der Waals surface area (Å²) in [5.74, 6) is 0. The minimum absolute atomic E-state index is 0. The number of nitrogens with two attached hydrogens (primary N) is 7. The normalized spacial score (nSPS) is 6.37. The van der Waals surface area contributed by atoms with Gasteiger partial charge >= 0.3 is 42.2 Å². The first-order valence-electron chi connectivity index (χ1n) is 9.61. The number of carbonyl (C=O) groups is 9. The number of hydrogen-bond donors (Lipinski definition) is 17. The number of urea groups is 7. The molecule has 0 fully saturated rings. The van der Waals surface area contributed by atoms with Crippen LogP contribution in [0.2, 0.25) is 0 Å². The van der Waals surface area contributed by atoms with Crippen molar-refractivity contribution in [3.05, 3.63) is 7.43 Å². The van der Waals surface area contributed by atoms with E-state index < -0.39 is 56.4 Å². The van der Waals surface area contributed by atoms with Crippen LogP contribution in [0.4, 0.5) is 33.6 Å². The molecule has 0 saturated heterocycles. The first kappa shape index (κ1) is 78.0. The molecule has 0 atom stereocenters. The van der Waals surface area contributed by atoms with E-state index in [1.807, 2.05) is 35.0 Å². The van der Waals surface area contributed by atoms with Crippen molar-refractivity contribution in [2.45, 2.75) is 0 Å². The van der Waals surface area contributed by atoms with Gasteiger partial charge in [-0.2, -0.15) is 0 Å². The van der Waals surface area contributed by atoms with Gasteiger partial charge in [0.2, 0.25) is 0 Å². The summed E-state index contributed by atoms with van der Waals surface area (Å²) in [6, 6.07) is -4.69. The molecule has 0 bridgehead atoms. The van der Waals surface area contributed by atoms with Crippen LogP contribution < -0.4 is 77.5 Å². The number of aliphatic hydroxyl groups is 3. The van der Waals surface area contributed by atoms with Crippen LogP contribution in [0, 0.1) is 38.5 Å². The molecule has 0 unspecified atom stereocenters. The van der Waals surface area contributed by atoms with E-state index in [0.29, 0.717) is 0 Å². The summed E-state index contributed by atoms with van der Waals surface area (Å²) in [6.45, 7) is 2.86. The van der Waals surface area contributed by atoms with E-state index in [2.05, 4.69) is 55.2 Å². The Balaban J connectivity index is -0.0000000297. The van der Waals surface area contributed by atoms with Crippen molar-refractivity contribution in [3.63, 3.8) is 0 Å². The molecule has 0 aliphatic rings. The Labute approximate surface area is 286 Å². The van der Waals surface area contributed by atoms with Crippen LogP contribution in [0.3, 0.4) is 0 Å². The topological polar surface area (TPSA) is 550 Å². The average Bonchev–Trinajstić information content (AvgIpc) is 2.87. The molecule has 30 heteroatoms. The maximum atomic E-state index is 10.4. The van der Waals surface area contributed by atoms with Crippen molar-refractivity contribution in [2.75, 3.05) is 41.0 Å². The quantitative estimate of drug-likeness (QED) is 0.0669. The third-order valence-electron chi connectivity index (χ3n) is 1.68. The first-order valence-corrected chi connectivity index (χ1v) is 9.61. The molecule has 0 rings (SSSR count). The summed E-state index contributed by atoms with van der Waals surface area (Å²) in [5, 5.41) is 36.3. The Kier molecular flexibility index (Phi) is 132. The summed E-state index contributed by atoms with van der Waals surface area (Å²) in [4.78, 5) is 87.8. The molecule has 0 radical (unpaired) electrons. The van der Waals surface area contributed by atoms with Crippen molar-refractivity contribution in [1.82, 2.24) is 37.4 Å². The van der Waals surface area contributed by atoms with Gasteiger partial charge in [-0.05, 0) is 0 Å². The first-order chi connectivity index (χ1) is 19.5. The summed E-state index contributed by atoms with van der Waals surface area (Å²) < 4.78 is 0. The fraction of sp³-hybridized carbons (Fsp3) is 0.375. The largest absolute Gasteiger partial charge is 0.870 e. The second-order valence-corrected chi connectivity index (χ2v) is 4.65. The Morgan fingerprint density at radius 3 is 1.00 bits per heavy atom. The van der Waals surface area contributed by atoms with E-state index in [-0.39, 0.29) is 62.2 Å². The van der Waals surface area contributed by atoms with E-state index in [1.165, 1.54) is 14.2 Å². The molecule has 0 aromatic carbocycles. The Morgan fingerprint density at radius 2 is 0.848 bits per heavy atom. The SMILES string of the molecule is C=O.C=O.CNC(=O)NCNC(N)=O.CONC(=O)NCO.NC(=O)NCO.NC(=O)NCO.NC(N)=O.NC(N)=O.[CH3-].[OH-].[OH-].[U]. The predicted molar refractivity (Wildman–Crippen MR) is 153 cm³/mol. The molecular weight excluding hydrogens is 866 g/mol. The molecule has 0 heterocycles. The van der Waals surface area contributed by atoms with Crippen LogP contribution >= 0.6 is 0 Å². The standard InChI is InChI=1S/C4H10N4O2.C3H8N2O3.2C2H6N2O2.2CH4N2O.2CH2O.CH3.2H2O.U/c1-6-4(10)8-2-7-3(5)9;1-8-5-3(7)4-2-6;2*3-2(6)4-1-5;2*2-1(3)4;2*1-2;;;;/h2H2,1H3,(H3,5,7,9)(H2,6,8,10);6H,2H2,1H3,(H2,4,5,7);2*5H,1H2,(H3,3,4,6);2*(H4,2,3,4);2*1H2;1H3;2*1H2;/q;;;;;;;;-1;;;/p-2. The molecule has 29 nitrogen and oxygen atoms in total. The number of carbonyl (C=O) groups excluding carboxylic acids is 9. The molecule has 0 aromatic heterocycles. The fourth-order valence-electron chi connectivity index (χ4n) is 0.656. The summed E-state index contributed by atoms with van der Waals surface area (Å²) in [5.41, 5.74) is 32.6. The van der Waals surface area contributed by atoms with Gasteiger partial charge in [0.1, 0.15) is 33.8 Å². The van der Waals surface area contributed by atoms with Crippen LogP contribution in [-0.4, -0.2) is 123 Å². The van der Waals surface area contributed by atoms with E-state index in [1.54, 1.807) is 0 Å². The maximum Gasteiger partial charge on any atom is 0.340 e. The van der Waals surface area contributed by atoms with E-state index in [4.69, 9.17) is 40.2 Å². The third kappa shape index (κ3) is 250. The zero-order chi connectivity index (χ0) is 35.5. The summed E-state index contributed by atoms with van der Waals surface area (Å²) in [7, 11) is 2.77. The Morgan fingerprint density at radius 1 is 0.587 bits per heavy atom. The van der Waals surface area contributed by atoms with E-state index >= 15 is 0 Å². The molecule has 46 heavy (non-hydrogen) atoms. The molecule has 278 valence electrons. The predicted octanol–water partition coefficient (Wildman–Crippen LogP) is -7.68. The van der Waals surface area contributed by atoms with Crippen molar-refractivity contribution < 1.29 is 105 Å². The van der Waals surface area contributed by atoms with Crippen LogP contribution in [0.25, 0.3) is 0 Å². The van der Waals surface area contributed by atoms with Gasteiger partial charge in [-0.1, -0.05) is 0 Å². The maximum absolute atomic E-state index is 10.4. The zero-order valence-electron chi connectivity index (χ0n) is 25.1. The van der Waals surface area contributed by atoms with Crippen molar-refractivity contribution in [2.24, 2.45) is 40.1 Å². The molecule has 0 saturated carbocycles. The van der Waals surface area contributed by atoms with Gasteiger partial charge < -0.3 is 115 Å². The number of rotatable bonds is 6. The van der Waals surface area contributed by atoms with Gasteiger partial charge in [-0.15, -0.1) is 0 Å². The monoisotopic (exact) mass is 913 g/mol. The van der Waals surface area contributed by atoms with Crippen LogP contribution in [0.1, 0.15) is 0 Å². The minimum Gasteiger partial charge on any atom is -0.870 e. The van der Waals surface area contributed by atoms with Crippen molar-refractivity contribution >= 4 is 55.8 Å². The average molecular weight is 914 g/mol. The van der Waals surface area contributed by atoms with Crippen LogP contribution in [-0.2, 0) is 14.4 Å². The minimum atomic E-state index is -0.833. The summed E-state index contributed by atoms with van der Waals surface area (Å²) >= 11 is 0. The molecule has 0 aromatic rings. The zero-order valence-corrected chi connectivity index (χ0v) is 29.3. The fourth-order valence-corrected chi connectivity index (χ4v) is 0.656. The summed E-state index contributed by atoms with van der Waals surface area (Å²) in [6.07, 6.45) is 0. The molecular formula is C16H47N14O15U-3. The number of primary amides is 7. The number of aliphatic hydroxyl groups excluding tert-OH is 3. The third-order valence-corrected chi connectivity index (χ3v) is 1.68.